The van der Waals surface area contributed by atoms with Gasteiger partial charge in [0.25, 0.3) is 0 Å². The van der Waals surface area contributed by atoms with E-state index >= 15 is 0 Å². The fraction of sp³-hybridized carbons (Fsp3) is 0.364. The van der Waals surface area contributed by atoms with Crippen molar-refractivity contribution >= 4 is 6.08 Å². The molecular formula is C11H14N2. The second kappa shape index (κ2) is 3.60. The van der Waals surface area contributed by atoms with Crippen molar-refractivity contribution < 1.29 is 0 Å². The van der Waals surface area contributed by atoms with Crippen molar-refractivity contribution in [2.45, 2.75) is 13.3 Å². The third-order valence-corrected chi connectivity index (χ3v) is 2.19. The topological polar surface area (TPSA) is 15.6 Å². The van der Waals surface area contributed by atoms with Gasteiger partial charge in [-0.1, -0.05) is 31.2 Å². The molecule has 1 aromatic rings. The van der Waals surface area contributed by atoms with Crippen LogP contribution in [0, 0.1) is 0 Å². The van der Waals surface area contributed by atoms with E-state index in [1.807, 2.05) is 6.07 Å². The van der Waals surface area contributed by atoms with Crippen LogP contribution in [0.25, 0.3) is 6.08 Å². The van der Waals surface area contributed by atoms with Crippen molar-refractivity contribution in [3.05, 3.63) is 34.8 Å². The summed E-state index contributed by atoms with van der Waals surface area (Å²) in [7, 11) is 0. The smallest absolute Gasteiger partial charge is 0.0901 e. The summed E-state index contributed by atoms with van der Waals surface area (Å²) in [5.41, 5.74) is 0. The average molecular weight is 174 g/mol. The molecule has 2 heteroatoms. The minimum absolute atomic E-state index is 0.949. The van der Waals surface area contributed by atoms with Gasteiger partial charge in [0, 0.05) is 6.54 Å². The van der Waals surface area contributed by atoms with Crippen LogP contribution in [0.4, 0.5) is 0 Å². The van der Waals surface area contributed by atoms with Crippen molar-refractivity contribution in [2.24, 2.45) is 5.10 Å². The van der Waals surface area contributed by atoms with Gasteiger partial charge in [-0.3, -0.25) is 5.01 Å². The van der Waals surface area contributed by atoms with Gasteiger partial charge in [-0.25, -0.2) is 0 Å². The highest BCUT2D eigenvalue weighted by atomic mass is 15.4. The van der Waals surface area contributed by atoms with Gasteiger partial charge < -0.3 is 0 Å². The molecule has 1 aromatic carbocycles. The minimum atomic E-state index is 0.949. The molecule has 1 aliphatic rings. The van der Waals surface area contributed by atoms with Gasteiger partial charge in [0.1, 0.15) is 0 Å². The molecule has 13 heavy (non-hydrogen) atoms. The maximum absolute atomic E-state index is 4.54. The molecule has 0 fully saturated rings. The van der Waals surface area contributed by atoms with Gasteiger partial charge in [0.15, 0.2) is 0 Å². The Hall–Kier alpha value is -1.31. The van der Waals surface area contributed by atoms with Crippen molar-refractivity contribution in [1.29, 1.82) is 0 Å². The molecular weight excluding hydrogens is 160 g/mol. The zero-order valence-corrected chi connectivity index (χ0v) is 7.90. The lowest BCUT2D eigenvalue weighted by Gasteiger charge is -2.18. The summed E-state index contributed by atoms with van der Waals surface area (Å²) in [6.45, 7) is 4.17. The molecule has 0 aliphatic carbocycles. The second-order valence-corrected chi connectivity index (χ2v) is 3.28. The molecule has 0 unspecified atom stereocenters. The number of benzene rings is 1. The first kappa shape index (κ1) is 8.30. The number of rotatable bonds is 2. The first-order valence-electron chi connectivity index (χ1n) is 4.79. The summed E-state index contributed by atoms with van der Waals surface area (Å²) in [5, 5.41) is 9.01. The van der Waals surface area contributed by atoms with Crippen molar-refractivity contribution in [1.82, 2.24) is 5.01 Å². The van der Waals surface area contributed by atoms with E-state index in [-0.39, 0.29) is 0 Å². The number of fused-ring (bicyclic) bond motifs is 1. The molecule has 1 heterocycles. The van der Waals surface area contributed by atoms with Crippen LogP contribution < -0.4 is 10.6 Å². The SMILES string of the molecule is CCCN1CC=c2ccccc2=N1. The molecule has 0 saturated heterocycles. The Morgan fingerprint density at radius 2 is 2.23 bits per heavy atom. The largest absolute Gasteiger partial charge is 0.293 e. The van der Waals surface area contributed by atoms with E-state index in [9.17, 15) is 0 Å². The Morgan fingerprint density at radius 1 is 1.38 bits per heavy atom. The zero-order chi connectivity index (χ0) is 9.10. The lowest BCUT2D eigenvalue weighted by Crippen LogP contribution is -2.36. The first-order chi connectivity index (χ1) is 6.40. The molecule has 0 N–H and O–H groups in total. The molecule has 0 aromatic heterocycles. The second-order valence-electron chi connectivity index (χ2n) is 3.28. The monoisotopic (exact) mass is 174 g/mol. The molecule has 0 radical (unpaired) electrons. The van der Waals surface area contributed by atoms with Crippen LogP contribution in [-0.4, -0.2) is 18.1 Å². The number of hydrogen-bond donors (Lipinski definition) is 0. The van der Waals surface area contributed by atoms with E-state index in [0.29, 0.717) is 0 Å². The van der Waals surface area contributed by atoms with E-state index in [4.69, 9.17) is 0 Å². The molecule has 2 rings (SSSR count). The van der Waals surface area contributed by atoms with Crippen molar-refractivity contribution in [3.63, 3.8) is 0 Å². The predicted octanol–water partition coefficient (Wildman–Crippen LogP) is 0.727. The highest BCUT2D eigenvalue weighted by Gasteiger charge is 2.01. The van der Waals surface area contributed by atoms with E-state index in [1.54, 1.807) is 0 Å². The fourth-order valence-electron chi connectivity index (χ4n) is 1.55. The summed E-state index contributed by atoms with van der Waals surface area (Å²) >= 11 is 0. The number of hydrogen-bond acceptors (Lipinski definition) is 2. The van der Waals surface area contributed by atoms with Gasteiger partial charge in [-0.15, -0.1) is 0 Å². The maximum atomic E-state index is 4.54. The maximum Gasteiger partial charge on any atom is 0.0901 e. The standard InChI is InChI=1S/C11H14N2/c1-2-8-13-9-7-10-5-3-4-6-11(10)12-13/h3-7H,2,8-9H2,1H3. The Bertz CT molecular complexity index is 395. The molecule has 0 spiro atoms. The third kappa shape index (κ3) is 1.72. The van der Waals surface area contributed by atoms with Gasteiger partial charge in [-0.2, -0.15) is 5.10 Å². The molecule has 2 nitrogen and oxygen atoms in total. The quantitative estimate of drug-likeness (QED) is 0.645. The molecule has 0 saturated carbocycles. The summed E-state index contributed by atoms with van der Waals surface area (Å²) in [5.74, 6) is 0. The van der Waals surface area contributed by atoms with Gasteiger partial charge in [-0.05, 0) is 17.7 Å². The lowest BCUT2D eigenvalue weighted by atomic mass is 10.2. The van der Waals surface area contributed by atoms with Crippen LogP contribution in [0.1, 0.15) is 13.3 Å². The van der Waals surface area contributed by atoms with Crippen LogP contribution in [-0.2, 0) is 0 Å². The highest BCUT2D eigenvalue weighted by molar-refractivity contribution is 5.26. The minimum Gasteiger partial charge on any atom is -0.293 e. The molecule has 1 aliphatic heterocycles. The molecule has 0 bridgehead atoms. The summed E-state index contributed by atoms with van der Waals surface area (Å²) in [6, 6.07) is 8.27. The van der Waals surface area contributed by atoms with E-state index in [0.717, 1.165) is 24.9 Å². The van der Waals surface area contributed by atoms with Crippen LogP contribution in [0.15, 0.2) is 29.4 Å². The Balaban J connectivity index is 2.38. The summed E-state index contributed by atoms with van der Waals surface area (Å²) in [6.07, 6.45) is 3.39. The van der Waals surface area contributed by atoms with Crippen LogP contribution in [0.5, 0.6) is 0 Å². The van der Waals surface area contributed by atoms with Gasteiger partial charge >= 0.3 is 0 Å². The Morgan fingerprint density at radius 3 is 3.08 bits per heavy atom. The zero-order valence-electron chi connectivity index (χ0n) is 7.90. The lowest BCUT2D eigenvalue weighted by molar-refractivity contribution is 0.311. The molecule has 0 amide bonds. The number of nitrogens with zero attached hydrogens (tertiary/aromatic N) is 2. The van der Waals surface area contributed by atoms with Crippen LogP contribution in [0.3, 0.4) is 0 Å². The van der Waals surface area contributed by atoms with Crippen LogP contribution >= 0.6 is 0 Å². The molecule has 0 atom stereocenters. The first-order valence-corrected chi connectivity index (χ1v) is 4.79. The van der Waals surface area contributed by atoms with E-state index in [1.165, 1.54) is 5.22 Å². The summed E-state index contributed by atoms with van der Waals surface area (Å²) < 4.78 is 0. The Kier molecular flexibility index (Phi) is 2.30. The van der Waals surface area contributed by atoms with Gasteiger partial charge in [0.05, 0.1) is 11.9 Å². The van der Waals surface area contributed by atoms with Crippen molar-refractivity contribution in [2.75, 3.05) is 13.1 Å². The van der Waals surface area contributed by atoms with E-state index in [2.05, 4.69) is 41.3 Å². The Labute approximate surface area is 78.2 Å². The fourth-order valence-corrected chi connectivity index (χ4v) is 1.55. The summed E-state index contributed by atoms with van der Waals surface area (Å²) in [4.78, 5) is 0. The normalized spacial score (nSPS) is 14.4. The highest BCUT2D eigenvalue weighted by Crippen LogP contribution is 1.93. The predicted molar refractivity (Wildman–Crippen MR) is 53.6 cm³/mol. The van der Waals surface area contributed by atoms with Crippen molar-refractivity contribution in [3.8, 4) is 0 Å². The third-order valence-electron chi connectivity index (χ3n) is 2.19. The van der Waals surface area contributed by atoms with E-state index < -0.39 is 0 Å². The molecule has 68 valence electrons. The van der Waals surface area contributed by atoms with Crippen LogP contribution in [0.2, 0.25) is 0 Å². The average Bonchev–Trinajstić information content (AvgIpc) is 2.18. The van der Waals surface area contributed by atoms with Gasteiger partial charge in [0.2, 0.25) is 0 Å².